The van der Waals surface area contributed by atoms with Crippen molar-refractivity contribution in [3.63, 3.8) is 0 Å². The molecule has 1 N–H and O–H groups in total. The van der Waals surface area contributed by atoms with E-state index in [2.05, 4.69) is 50.0 Å². The Kier molecular flexibility index (Phi) is 5.51. The van der Waals surface area contributed by atoms with E-state index in [9.17, 15) is 0 Å². The van der Waals surface area contributed by atoms with Gasteiger partial charge in [-0.1, -0.05) is 37.3 Å². The second-order valence-electron chi connectivity index (χ2n) is 3.58. The van der Waals surface area contributed by atoms with Gasteiger partial charge in [0.05, 0.1) is 0 Å². The minimum atomic E-state index is 0.417. The van der Waals surface area contributed by atoms with Gasteiger partial charge in [-0.05, 0) is 25.6 Å². The average Bonchev–Trinajstić information content (AvgIpc) is 2.25. The molecule has 0 aliphatic rings. The fraction of sp³-hybridized carbons (Fsp3) is 0.385. The lowest BCUT2D eigenvalue weighted by molar-refractivity contribution is 0.642. The molecular formula is C13H19NS. The molecule has 0 spiro atoms. The van der Waals surface area contributed by atoms with Crippen LogP contribution in [0.4, 0.5) is 0 Å². The van der Waals surface area contributed by atoms with E-state index in [1.54, 1.807) is 0 Å². The van der Waals surface area contributed by atoms with Crippen molar-refractivity contribution in [1.82, 2.24) is 5.32 Å². The van der Waals surface area contributed by atoms with Crippen LogP contribution in [0.15, 0.2) is 47.4 Å². The maximum Gasteiger partial charge on any atom is 0.0368 e. The Bertz CT molecular complexity index is 295. The van der Waals surface area contributed by atoms with Crippen molar-refractivity contribution in [1.29, 1.82) is 0 Å². The number of benzene rings is 1. The van der Waals surface area contributed by atoms with Crippen LogP contribution in [0.3, 0.4) is 0 Å². The van der Waals surface area contributed by atoms with Gasteiger partial charge in [0, 0.05) is 16.7 Å². The highest BCUT2D eigenvalue weighted by Gasteiger charge is 2.07. The molecule has 0 aromatic heterocycles. The van der Waals surface area contributed by atoms with E-state index < -0.39 is 0 Å². The van der Waals surface area contributed by atoms with Gasteiger partial charge in [0.2, 0.25) is 0 Å². The summed E-state index contributed by atoms with van der Waals surface area (Å²) in [5, 5.41) is 3.43. The molecule has 15 heavy (non-hydrogen) atoms. The Morgan fingerprint density at radius 3 is 2.60 bits per heavy atom. The summed E-state index contributed by atoms with van der Waals surface area (Å²) in [6.07, 6.45) is 0. The largest absolute Gasteiger partial charge is 0.310 e. The van der Waals surface area contributed by atoms with Crippen molar-refractivity contribution in [3.05, 3.63) is 42.5 Å². The minimum Gasteiger partial charge on any atom is -0.310 e. The molecule has 0 saturated heterocycles. The summed E-state index contributed by atoms with van der Waals surface area (Å²) in [6.45, 7) is 9.21. The summed E-state index contributed by atoms with van der Waals surface area (Å²) < 4.78 is 0. The molecule has 1 atom stereocenters. The number of hydrogen-bond donors (Lipinski definition) is 1. The highest BCUT2D eigenvalue weighted by molar-refractivity contribution is 7.99. The van der Waals surface area contributed by atoms with Crippen LogP contribution in [-0.4, -0.2) is 18.3 Å². The Morgan fingerprint density at radius 2 is 2.07 bits per heavy atom. The molecule has 1 aromatic carbocycles. The van der Waals surface area contributed by atoms with Crippen molar-refractivity contribution in [2.45, 2.75) is 24.8 Å². The van der Waals surface area contributed by atoms with Gasteiger partial charge in [-0.15, -0.1) is 11.8 Å². The fourth-order valence-electron chi connectivity index (χ4n) is 1.32. The summed E-state index contributed by atoms with van der Waals surface area (Å²) in [7, 11) is 0. The Hall–Kier alpha value is -0.730. The SMILES string of the molecule is C=C(C)C(CSc1ccccc1)NCC. The lowest BCUT2D eigenvalue weighted by atomic mass is 10.2. The van der Waals surface area contributed by atoms with Crippen molar-refractivity contribution >= 4 is 11.8 Å². The number of likely N-dealkylation sites (N-methyl/N-ethyl adjacent to an activating group) is 1. The van der Waals surface area contributed by atoms with Crippen LogP contribution in [0.1, 0.15) is 13.8 Å². The Balaban J connectivity index is 2.43. The van der Waals surface area contributed by atoms with E-state index in [1.165, 1.54) is 10.5 Å². The van der Waals surface area contributed by atoms with E-state index in [0.29, 0.717) is 6.04 Å². The predicted octanol–water partition coefficient (Wildman–Crippen LogP) is 3.33. The van der Waals surface area contributed by atoms with Crippen molar-refractivity contribution < 1.29 is 0 Å². The van der Waals surface area contributed by atoms with Crippen LogP contribution in [-0.2, 0) is 0 Å². The third-order valence-electron chi connectivity index (χ3n) is 2.21. The zero-order chi connectivity index (χ0) is 11.1. The highest BCUT2D eigenvalue weighted by atomic mass is 32.2. The van der Waals surface area contributed by atoms with Crippen LogP contribution >= 0.6 is 11.8 Å². The third kappa shape index (κ3) is 4.54. The van der Waals surface area contributed by atoms with Gasteiger partial charge in [-0.2, -0.15) is 0 Å². The number of nitrogens with one attached hydrogen (secondary N) is 1. The highest BCUT2D eigenvalue weighted by Crippen LogP contribution is 2.19. The first-order valence-electron chi connectivity index (χ1n) is 5.30. The maximum absolute atomic E-state index is 4.01. The molecule has 2 heteroatoms. The van der Waals surface area contributed by atoms with E-state index in [4.69, 9.17) is 0 Å². The topological polar surface area (TPSA) is 12.0 Å². The zero-order valence-electron chi connectivity index (χ0n) is 9.49. The molecule has 1 rings (SSSR count). The van der Waals surface area contributed by atoms with Gasteiger partial charge in [0.25, 0.3) is 0 Å². The first-order valence-corrected chi connectivity index (χ1v) is 6.29. The summed E-state index contributed by atoms with van der Waals surface area (Å²) in [6, 6.07) is 10.9. The van der Waals surface area contributed by atoms with Crippen molar-refractivity contribution in [2.24, 2.45) is 0 Å². The van der Waals surface area contributed by atoms with Crippen LogP contribution in [0.5, 0.6) is 0 Å². The molecular weight excluding hydrogens is 202 g/mol. The molecule has 0 saturated carbocycles. The van der Waals surface area contributed by atoms with Gasteiger partial charge in [0.1, 0.15) is 0 Å². The second-order valence-corrected chi connectivity index (χ2v) is 4.67. The summed E-state index contributed by atoms with van der Waals surface area (Å²) in [5.41, 5.74) is 1.21. The van der Waals surface area contributed by atoms with E-state index in [0.717, 1.165) is 12.3 Å². The standard InChI is InChI=1S/C13H19NS/c1-4-14-13(11(2)3)10-15-12-8-6-5-7-9-12/h5-9,13-14H,2,4,10H2,1,3H3. The predicted molar refractivity (Wildman–Crippen MR) is 69.4 cm³/mol. The van der Waals surface area contributed by atoms with Gasteiger partial charge in [-0.25, -0.2) is 0 Å². The van der Waals surface area contributed by atoms with Gasteiger partial charge < -0.3 is 5.32 Å². The van der Waals surface area contributed by atoms with Crippen molar-refractivity contribution in [2.75, 3.05) is 12.3 Å². The monoisotopic (exact) mass is 221 g/mol. The number of thioether (sulfide) groups is 1. The van der Waals surface area contributed by atoms with Gasteiger partial charge in [-0.3, -0.25) is 0 Å². The third-order valence-corrected chi connectivity index (χ3v) is 3.31. The Labute approximate surface area is 97.0 Å². The van der Waals surface area contributed by atoms with Crippen molar-refractivity contribution in [3.8, 4) is 0 Å². The van der Waals surface area contributed by atoms with Crippen LogP contribution < -0.4 is 5.32 Å². The minimum absolute atomic E-state index is 0.417. The van der Waals surface area contributed by atoms with Crippen LogP contribution in [0, 0.1) is 0 Å². The lowest BCUT2D eigenvalue weighted by Crippen LogP contribution is -2.31. The smallest absolute Gasteiger partial charge is 0.0368 e. The molecule has 0 aliphatic heterocycles. The molecule has 0 fully saturated rings. The van der Waals surface area contributed by atoms with E-state index in [1.807, 2.05) is 17.8 Å². The van der Waals surface area contributed by atoms with Crippen LogP contribution in [0.25, 0.3) is 0 Å². The molecule has 0 amide bonds. The maximum atomic E-state index is 4.01. The molecule has 1 unspecified atom stereocenters. The summed E-state index contributed by atoms with van der Waals surface area (Å²) >= 11 is 1.87. The summed E-state index contributed by atoms with van der Waals surface area (Å²) in [4.78, 5) is 1.32. The molecule has 0 heterocycles. The van der Waals surface area contributed by atoms with Crippen LogP contribution in [0.2, 0.25) is 0 Å². The van der Waals surface area contributed by atoms with Gasteiger partial charge in [0.15, 0.2) is 0 Å². The molecule has 0 aliphatic carbocycles. The van der Waals surface area contributed by atoms with E-state index >= 15 is 0 Å². The molecule has 82 valence electrons. The molecule has 1 aromatic rings. The molecule has 0 radical (unpaired) electrons. The quantitative estimate of drug-likeness (QED) is 0.584. The van der Waals surface area contributed by atoms with E-state index in [-0.39, 0.29) is 0 Å². The first-order chi connectivity index (χ1) is 7.24. The number of hydrogen-bond acceptors (Lipinski definition) is 2. The zero-order valence-corrected chi connectivity index (χ0v) is 10.3. The van der Waals surface area contributed by atoms with Gasteiger partial charge >= 0.3 is 0 Å². The fourth-order valence-corrected chi connectivity index (χ4v) is 2.43. The average molecular weight is 221 g/mol. The number of rotatable bonds is 6. The lowest BCUT2D eigenvalue weighted by Gasteiger charge is -2.17. The first kappa shape index (κ1) is 12.3. The molecule has 1 nitrogen and oxygen atoms in total. The molecule has 0 bridgehead atoms. The Morgan fingerprint density at radius 1 is 1.40 bits per heavy atom. The summed E-state index contributed by atoms with van der Waals surface area (Å²) in [5.74, 6) is 1.05. The second kappa shape index (κ2) is 6.70. The normalized spacial score (nSPS) is 12.4.